The predicted octanol–water partition coefficient (Wildman–Crippen LogP) is 2.21. The quantitative estimate of drug-likeness (QED) is 0.666. The average molecular weight is 203 g/mol. The first kappa shape index (κ1) is 10.2. The van der Waals surface area contributed by atoms with Crippen LogP contribution in [0.25, 0.3) is 0 Å². The SMILES string of the molecule is C#Cc1cccc(CN2CC[C@H](F)C2)c1. The van der Waals surface area contributed by atoms with E-state index in [2.05, 4.69) is 10.8 Å². The lowest BCUT2D eigenvalue weighted by Crippen LogP contribution is -2.20. The van der Waals surface area contributed by atoms with Gasteiger partial charge in [0.05, 0.1) is 0 Å². The number of likely N-dealkylation sites (tertiary alicyclic amines) is 1. The number of benzene rings is 1. The van der Waals surface area contributed by atoms with Crippen LogP contribution in [-0.2, 0) is 6.54 Å². The maximum atomic E-state index is 12.9. The summed E-state index contributed by atoms with van der Waals surface area (Å²) >= 11 is 0. The molecule has 1 nitrogen and oxygen atoms in total. The molecule has 0 aliphatic carbocycles. The van der Waals surface area contributed by atoms with Gasteiger partial charge in [0.1, 0.15) is 6.17 Å². The van der Waals surface area contributed by atoms with E-state index in [1.54, 1.807) is 0 Å². The molecule has 1 saturated heterocycles. The molecule has 78 valence electrons. The number of terminal acetylenes is 1. The molecule has 0 unspecified atom stereocenters. The Labute approximate surface area is 89.9 Å². The largest absolute Gasteiger partial charge is 0.296 e. The smallest absolute Gasteiger partial charge is 0.114 e. The van der Waals surface area contributed by atoms with Gasteiger partial charge in [-0.3, -0.25) is 4.90 Å². The van der Waals surface area contributed by atoms with Gasteiger partial charge >= 0.3 is 0 Å². The first-order valence-corrected chi connectivity index (χ1v) is 5.20. The molecule has 1 atom stereocenters. The van der Waals surface area contributed by atoms with Crippen molar-refractivity contribution in [3.63, 3.8) is 0 Å². The highest BCUT2D eigenvalue weighted by Crippen LogP contribution is 2.16. The van der Waals surface area contributed by atoms with E-state index in [1.807, 2.05) is 24.3 Å². The molecule has 15 heavy (non-hydrogen) atoms. The second-order valence-corrected chi connectivity index (χ2v) is 3.97. The summed E-state index contributed by atoms with van der Waals surface area (Å²) in [7, 11) is 0. The van der Waals surface area contributed by atoms with Crippen LogP contribution in [0.1, 0.15) is 17.5 Å². The van der Waals surface area contributed by atoms with Crippen LogP contribution in [0.5, 0.6) is 0 Å². The molecule has 0 N–H and O–H groups in total. The first-order chi connectivity index (χ1) is 7.28. The first-order valence-electron chi connectivity index (χ1n) is 5.20. The number of rotatable bonds is 2. The summed E-state index contributed by atoms with van der Waals surface area (Å²) in [5.41, 5.74) is 2.06. The van der Waals surface area contributed by atoms with Crippen molar-refractivity contribution in [2.24, 2.45) is 0 Å². The van der Waals surface area contributed by atoms with Crippen molar-refractivity contribution in [1.82, 2.24) is 4.90 Å². The minimum Gasteiger partial charge on any atom is -0.296 e. The molecular formula is C13H14FN. The van der Waals surface area contributed by atoms with E-state index in [0.29, 0.717) is 13.0 Å². The molecule has 2 heteroatoms. The molecule has 2 rings (SSSR count). The summed E-state index contributed by atoms with van der Waals surface area (Å²) in [6, 6.07) is 7.89. The second-order valence-electron chi connectivity index (χ2n) is 3.97. The highest BCUT2D eigenvalue weighted by molar-refractivity contribution is 5.35. The van der Waals surface area contributed by atoms with Gasteiger partial charge < -0.3 is 0 Å². The Bertz CT molecular complexity index is 380. The molecule has 1 aromatic rings. The van der Waals surface area contributed by atoms with Crippen LogP contribution in [0.3, 0.4) is 0 Å². The molecule has 0 radical (unpaired) electrons. The Morgan fingerprint density at radius 3 is 3.07 bits per heavy atom. The molecule has 0 saturated carbocycles. The Balaban J connectivity index is 2.02. The number of nitrogens with zero attached hydrogens (tertiary/aromatic N) is 1. The maximum Gasteiger partial charge on any atom is 0.114 e. The van der Waals surface area contributed by atoms with Gasteiger partial charge in [0, 0.05) is 25.2 Å². The third kappa shape index (κ3) is 2.57. The third-order valence-corrected chi connectivity index (χ3v) is 2.71. The predicted molar refractivity (Wildman–Crippen MR) is 59.2 cm³/mol. The van der Waals surface area contributed by atoms with Crippen LogP contribution < -0.4 is 0 Å². The number of halogens is 1. The number of hydrogen-bond acceptors (Lipinski definition) is 1. The van der Waals surface area contributed by atoms with E-state index in [4.69, 9.17) is 6.42 Å². The summed E-state index contributed by atoms with van der Waals surface area (Å²) in [5.74, 6) is 2.61. The zero-order chi connectivity index (χ0) is 10.7. The third-order valence-electron chi connectivity index (χ3n) is 2.71. The Hall–Kier alpha value is -1.33. The fourth-order valence-electron chi connectivity index (χ4n) is 1.95. The molecule has 1 heterocycles. The van der Waals surface area contributed by atoms with Crippen molar-refractivity contribution in [2.45, 2.75) is 19.1 Å². The zero-order valence-electron chi connectivity index (χ0n) is 8.62. The van der Waals surface area contributed by atoms with Crippen LogP contribution in [0.2, 0.25) is 0 Å². The second kappa shape index (κ2) is 4.46. The van der Waals surface area contributed by atoms with Crippen LogP contribution in [0.15, 0.2) is 24.3 Å². The average Bonchev–Trinajstić information content (AvgIpc) is 2.64. The summed E-state index contributed by atoms with van der Waals surface area (Å²) < 4.78 is 12.9. The van der Waals surface area contributed by atoms with E-state index >= 15 is 0 Å². The van der Waals surface area contributed by atoms with Crippen molar-refractivity contribution < 1.29 is 4.39 Å². The highest BCUT2D eigenvalue weighted by Gasteiger charge is 2.21. The monoisotopic (exact) mass is 203 g/mol. The van der Waals surface area contributed by atoms with Crippen molar-refractivity contribution >= 4 is 0 Å². The van der Waals surface area contributed by atoms with E-state index < -0.39 is 6.17 Å². The van der Waals surface area contributed by atoms with Gasteiger partial charge in [-0.25, -0.2) is 4.39 Å². The maximum absolute atomic E-state index is 12.9. The zero-order valence-corrected chi connectivity index (χ0v) is 8.62. The molecule has 1 aliphatic heterocycles. The fraction of sp³-hybridized carbons (Fsp3) is 0.385. The van der Waals surface area contributed by atoms with Crippen molar-refractivity contribution in [3.05, 3.63) is 35.4 Å². The molecule has 1 fully saturated rings. The fourth-order valence-corrected chi connectivity index (χ4v) is 1.95. The summed E-state index contributed by atoms with van der Waals surface area (Å²) in [4.78, 5) is 2.13. The molecule has 1 aromatic carbocycles. The molecule has 0 aromatic heterocycles. The molecule has 0 spiro atoms. The van der Waals surface area contributed by atoms with Gasteiger partial charge in [0.25, 0.3) is 0 Å². The van der Waals surface area contributed by atoms with Gasteiger partial charge in [-0.2, -0.15) is 0 Å². The van der Waals surface area contributed by atoms with Crippen LogP contribution in [0.4, 0.5) is 4.39 Å². The minimum absolute atomic E-state index is 0.556. The molecule has 1 aliphatic rings. The summed E-state index contributed by atoms with van der Waals surface area (Å²) in [6.45, 7) is 2.21. The number of alkyl halides is 1. The van der Waals surface area contributed by atoms with E-state index in [-0.39, 0.29) is 0 Å². The number of hydrogen-bond donors (Lipinski definition) is 0. The van der Waals surface area contributed by atoms with Gasteiger partial charge in [-0.1, -0.05) is 18.1 Å². The van der Waals surface area contributed by atoms with E-state index in [1.165, 1.54) is 5.56 Å². The lowest BCUT2D eigenvalue weighted by molar-refractivity contribution is 0.282. The summed E-state index contributed by atoms with van der Waals surface area (Å²) in [6.07, 6.45) is 5.33. The van der Waals surface area contributed by atoms with E-state index in [0.717, 1.165) is 18.7 Å². The molecule has 0 amide bonds. The standard InChI is InChI=1S/C13H14FN/c1-2-11-4-3-5-12(8-11)9-15-7-6-13(14)10-15/h1,3-5,8,13H,6-7,9-10H2/t13-/m0/s1. The Morgan fingerprint density at radius 2 is 2.40 bits per heavy atom. The highest BCUT2D eigenvalue weighted by atomic mass is 19.1. The summed E-state index contributed by atoms with van der Waals surface area (Å²) in [5, 5.41) is 0. The van der Waals surface area contributed by atoms with Crippen molar-refractivity contribution in [2.75, 3.05) is 13.1 Å². The van der Waals surface area contributed by atoms with Crippen molar-refractivity contribution in [3.8, 4) is 12.3 Å². The normalized spacial score (nSPS) is 21.5. The van der Waals surface area contributed by atoms with Gasteiger partial charge in [-0.05, 0) is 24.1 Å². The molecule has 0 bridgehead atoms. The lowest BCUT2D eigenvalue weighted by Gasteiger charge is -2.14. The molecular weight excluding hydrogens is 189 g/mol. The van der Waals surface area contributed by atoms with Crippen molar-refractivity contribution in [1.29, 1.82) is 0 Å². The van der Waals surface area contributed by atoms with Crippen LogP contribution in [-0.4, -0.2) is 24.2 Å². The van der Waals surface area contributed by atoms with Crippen LogP contribution >= 0.6 is 0 Å². The van der Waals surface area contributed by atoms with E-state index in [9.17, 15) is 4.39 Å². The minimum atomic E-state index is -0.652. The van der Waals surface area contributed by atoms with Gasteiger partial charge in [-0.15, -0.1) is 6.42 Å². The van der Waals surface area contributed by atoms with Gasteiger partial charge in [0.15, 0.2) is 0 Å². The van der Waals surface area contributed by atoms with Gasteiger partial charge in [0.2, 0.25) is 0 Å². The van der Waals surface area contributed by atoms with Crippen LogP contribution in [0, 0.1) is 12.3 Å². The lowest BCUT2D eigenvalue weighted by atomic mass is 10.1. The Morgan fingerprint density at radius 1 is 1.53 bits per heavy atom. The topological polar surface area (TPSA) is 3.24 Å². The Kier molecular flexibility index (Phi) is 3.03.